The van der Waals surface area contributed by atoms with Gasteiger partial charge >= 0.3 is 5.97 Å². The zero-order valence-electron chi connectivity index (χ0n) is 16.8. The Hall–Kier alpha value is -2.64. The molecule has 3 heterocycles. The maximum atomic E-state index is 11.3. The number of aryl methyl sites for hydroxylation is 1. The highest BCUT2D eigenvalue weighted by Crippen LogP contribution is 2.35. The number of carbonyl (C=O) groups is 1. The van der Waals surface area contributed by atoms with Gasteiger partial charge in [0, 0.05) is 44.0 Å². The Morgan fingerprint density at radius 1 is 1.37 bits per heavy atom. The topological polar surface area (TPSA) is 88.7 Å². The van der Waals surface area contributed by atoms with Crippen LogP contribution in [0.15, 0.2) is 35.1 Å². The van der Waals surface area contributed by atoms with Gasteiger partial charge in [-0.05, 0) is 43.9 Å². The van der Waals surface area contributed by atoms with E-state index in [0.717, 1.165) is 41.0 Å². The molecule has 0 saturated carbocycles. The second-order valence-electron chi connectivity index (χ2n) is 7.53. The quantitative estimate of drug-likeness (QED) is 0.556. The van der Waals surface area contributed by atoms with Crippen LogP contribution in [-0.4, -0.2) is 47.8 Å². The van der Waals surface area contributed by atoms with Crippen LogP contribution >= 0.6 is 11.6 Å². The molecular formula is C22H24ClN3O4. The fourth-order valence-electron chi connectivity index (χ4n) is 3.87. The molecule has 30 heavy (non-hydrogen) atoms. The zero-order valence-corrected chi connectivity index (χ0v) is 17.6. The molecule has 1 saturated heterocycles. The van der Waals surface area contributed by atoms with Crippen LogP contribution in [0.25, 0.3) is 22.2 Å². The van der Waals surface area contributed by atoms with Crippen LogP contribution in [0.5, 0.6) is 0 Å². The lowest BCUT2D eigenvalue weighted by molar-refractivity contribution is -0.142. The van der Waals surface area contributed by atoms with E-state index in [4.69, 9.17) is 30.7 Å². The second-order valence-corrected chi connectivity index (χ2v) is 7.93. The summed E-state index contributed by atoms with van der Waals surface area (Å²) in [5, 5.41) is 10.7. The standard InChI is InChI=1S/C22H24ClN3O4/c1-29-9-2-3-17-13-24-19(16-11-15-6-10-30-20(15)18(23)12-16)21(25-17)26-7-4-14(5-8-26)22(27)28/h6,10-14H,2-5,7-9H2,1H3,(H,27,28). The molecule has 1 fully saturated rings. The monoisotopic (exact) mass is 429 g/mol. The van der Waals surface area contributed by atoms with Crippen LogP contribution in [-0.2, 0) is 16.0 Å². The molecule has 0 unspecified atom stereocenters. The van der Waals surface area contributed by atoms with Gasteiger partial charge in [0.15, 0.2) is 11.4 Å². The highest BCUT2D eigenvalue weighted by atomic mass is 35.5. The minimum Gasteiger partial charge on any atom is -0.481 e. The predicted octanol–water partition coefficient (Wildman–Crippen LogP) is 4.42. The van der Waals surface area contributed by atoms with Crippen molar-refractivity contribution in [2.45, 2.75) is 25.7 Å². The van der Waals surface area contributed by atoms with E-state index in [-0.39, 0.29) is 5.92 Å². The van der Waals surface area contributed by atoms with Gasteiger partial charge in [0.25, 0.3) is 0 Å². The predicted molar refractivity (Wildman–Crippen MR) is 115 cm³/mol. The van der Waals surface area contributed by atoms with E-state index in [1.54, 1.807) is 19.6 Å². The van der Waals surface area contributed by atoms with Crippen molar-refractivity contribution in [3.8, 4) is 11.3 Å². The largest absolute Gasteiger partial charge is 0.481 e. The SMILES string of the molecule is COCCCc1cnc(-c2cc(Cl)c3occc3c2)c(N2CCC(C(=O)O)CC2)n1. The number of benzene rings is 1. The number of halogens is 1. The van der Waals surface area contributed by atoms with Crippen molar-refractivity contribution in [2.24, 2.45) is 5.92 Å². The summed E-state index contributed by atoms with van der Waals surface area (Å²) in [6, 6.07) is 5.71. The molecule has 0 bridgehead atoms. The summed E-state index contributed by atoms with van der Waals surface area (Å²) in [5.74, 6) is -0.265. The first kappa shape index (κ1) is 20.6. The number of hydrogen-bond donors (Lipinski definition) is 1. The second kappa shape index (κ2) is 9.02. The molecule has 1 aromatic carbocycles. The number of carboxylic acid groups (broad SMARTS) is 1. The van der Waals surface area contributed by atoms with Crippen molar-refractivity contribution in [3.05, 3.63) is 41.4 Å². The van der Waals surface area contributed by atoms with Gasteiger partial charge in [0.2, 0.25) is 0 Å². The van der Waals surface area contributed by atoms with E-state index in [9.17, 15) is 9.90 Å². The molecule has 3 aromatic rings. The smallest absolute Gasteiger partial charge is 0.306 e. The summed E-state index contributed by atoms with van der Waals surface area (Å²) in [4.78, 5) is 23.1. The van der Waals surface area contributed by atoms with E-state index >= 15 is 0 Å². The molecule has 0 amide bonds. The van der Waals surface area contributed by atoms with Crippen molar-refractivity contribution >= 4 is 34.4 Å². The Morgan fingerprint density at radius 3 is 2.90 bits per heavy atom. The molecule has 1 N–H and O–H groups in total. The number of hydrogen-bond acceptors (Lipinski definition) is 6. The third-order valence-corrected chi connectivity index (χ3v) is 5.79. The Bertz CT molecular complexity index is 1040. The molecule has 0 spiro atoms. The molecule has 7 nitrogen and oxygen atoms in total. The Labute approximate surface area is 179 Å². The van der Waals surface area contributed by atoms with Crippen LogP contribution < -0.4 is 4.90 Å². The van der Waals surface area contributed by atoms with Gasteiger partial charge < -0.3 is 19.2 Å². The molecule has 2 aromatic heterocycles. The molecule has 8 heteroatoms. The van der Waals surface area contributed by atoms with Crippen LogP contribution in [0.2, 0.25) is 5.02 Å². The molecular weight excluding hydrogens is 406 g/mol. The summed E-state index contributed by atoms with van der Waals surface area (Å²) >= 11 is 6.43. The number of aromatic nitrogens is 2. The first-order valence-corrected chi connectivity index (χ1v) is 10.4. The van der Waals surface area contributed by atoms with E-state index in [2.05, 4.69) is 4.90 Å². The summed E-state index contributed by atoms with van der Waals surface area (Å²) < 4.78 is 10.6. The molecule has 0 radical (unpaired) electrons. The summed E-state index contributed by atoms with van der Waals surface area (Å²) in [6.45, 7) is 1.92. The van der Waals surface area contributed by atoms with Gasteiger partial charge in [0.1, 0.15) is 5.69 Å². The number of nitrogens with zero attached hydrogens (tertiary/aromatic N) is 3. The minimum atomic E-state index is -0.730. The van der Waals surface area contributed by atoms with Crippen LogP contribution in [0, 0.1) is 5.92 Å². The van der Waals surface area contributed by atoms with E-state index in [0.29, 0.717) is 43.1 Å². The Morgan fingerprint density at radius 2 is 2.17 bits per heavy atom. The van der Waals surface area contributed by atoms with Crippen LogP contribution in [0.4, 0.5) is 5.82 Å². The number of rotatable bonds is 7. The average molecular weight is 430 g/mol. The maximum Gasteiger partial charge on any atom is 0.306 e. The lowest BCUT2D eigenvalue weighted by atomic mass is 9.96. The van der Waals surface area contributed by atoms with Crippen molar-refractivity contribution in [2.75, 3.05) is 31.7 Å². The van der Waals surface area contributed by atoms with E-state index in [1.165, 1.54) is 0 Å². The lowest BCUT2D eigenvalue weighted by Gasteiger charge is -2.32. The number of aliphatic carboxylic acids is 1. The fraction of sp³-hybridized carbons (Fsp3) is 0.409. The van der Waals surface area contributed by atoms with E-state index in [1.807, 2.05) is 18.2 Å². The maximum absolute atomic E-state index is 11.3. The fourth-order valence-corrected chi connectivity index (χ4v) is 4.14. The Kier molecular flexibility index (Phi) is 6.20. The molecule has 158 valence electrons. The first-order chi connectivity index (χ1) is 14.6. The number of furan rings is 1. The van der Waals surface area contributed by atoms with Gasteiger partial charge in [0.05, 0.1) is 22.9 Å². The number of fused-ring (bicyclic) bond motifs is 1. The van der Waals surface area contributed by atoms with E-state index < -0.39 is 5.97 Å². The minimum absolute atomic E-state index is 0.306. The summed E-state index contributed by atoms with van der Waals surface area (Å²) in [6.07, 6.45) is 6.21. The van der Waals surface area contributed by atoms with Gasteiger partial charge in [-0.15, -0.1) is 0 Å². The highest BCUT2D eigenvalue weighted by molar-refractivity contribution is 6.35. The van der Waals surface area contributed by atoms with Crippen molar-refractivity contribution in [1.29, 1.82) is 0 Å². The van der Waals surface area contributed by atoms with Gasteiger partial charge in [-0.2, -0.15) is 0 Å². The van der Waals surface area contributed by atoms with Crippen molar-refractivity contribution in [3.63, 3.8) is 0 Å². The number of piperidine rings is 1. The molecule has 0 atom stereocenters. The first-order valence-electron chi connectivity index (χ1n) is 10.1. The number of carboxylic acids is 1. The highest BCUT2D eigenvalue weighted by Gasteiger charge is 2.27. The zero-order chi connectivity index (χ0) is 21.1. The molecule has 0 aliphatic carbocycles. The third kappa shape index (κ3) is 4.27. The van der Waals surface area contributed by atoms with Gasteiger partial charge in [-0.3, -0.25) is 9.78 Å². The molecule has 4 rings (SSSR count). The summed E-state index contributed by atoms with van der Waals surface area (Å²) in [5.41, 5.74) is 3.14. The van der Waals surface area contributed by atoms with Crippen LogP contribution in [0.3, 0.4) is 0 Å². The molecule has 1 aliphatic rings. The summed E-state index contributed by atoms with van der Waals surface area (Å²) in [7, 11) is 1.68. The third-order valence-electron chi connectivity index (χ3n) is 5.51. The Balaban J connectivity index is 1.70. The lowest BCUT2D eigenvalue weighted by Crippen LogP contribution is -2.37. The number of methoxy groups -OCH3 is 1. The number of ether oxygens (including phenoxy) is 1. The number of anilines is 1. The van der Waals surface area contributed by atoms with Crippen molar-refractivity contribution < 1.29 is 19.1 Å². The molecule has 1 aliphatic heterocycles. The van der Waals surface area contributed by atoms with Crippen LogP contribution in [0.1, 0.15) is 25.0 Å². The average Bonchev–Trinajstić information content (AvgIpc) is 3.23. The van der Waals surface area contributed by atoms with Gasteiger partial charge in [-0.25, -0.2) is 4.98 Å². The van der Waals surface area contributed by atoms with Crippen molar-refractivity contribution in [1.82, 2.24) is 9.97 Å². The normalized spacial score (nSPS) is 15.1. The van der Waals surface area contributed by atoms with Gasteiger partial charge in [-0.1, -0.05) is 11.6 Å².